The van der Waals surface area contributed by atoms with E-state index in [4.69, 9.17) is 5.11 Å². The first-order valence-corrected chi connectivity index (χ1v) is 8.64. The zero-order valence-electron chi connectivity index (χ0n) is 13.8. The van der Waals surface area contributed by atoms with Gasteiger partial charge in [0.25, 0.3) is 0 Å². The van der Waals surface area contributed by atoms with Crippen molar-refractivity contribution < 1.29 is 9.90 Å². The maximum absolute atomic E-state index is 10.3. The van der Waals surface area contributed by atoms with Crippen LogP contribution in [0.5, 0.6) is 0 Å². The van der Waals surface area contributed by atoms with Gasteiger partial charge in [0.2, 0.25) is 0 Å². The van der Waals surface area contributed by atoms with Gasteiger partial charge >= 0.3 is 43.7 Å². The van der Waals surface area contributed by atoms with Crippen LogP contribution in [-0.2, 0) is 4.79 Å². The molecule has 0 rings (SSSR count). The number of unbranched alkanes of at least 4 members (excludes halogenated alkanes) is 11. The molecule has 0 saturated heterocycles. The van der Waals surface area contributed by atoms with E-state index in [1.54, 1.807) is 0 Å². The Balaban J connectivity index is -0.00000180. The van der Waals surface area contributed by atoms with Crippen molar-refractivity contribution in [3.8, 4) is 0 Å². The number of allylic oxidation sites excluding steroid dienone is 2. The van der Waals surface area contributed by atoms with Crippen LogP contribution >= 0.6 is 12.4 Å². The Bertz CT molecular complexity index is 245. The van der Waals surface area contributed by atoms with Crippen molar-refractivity contribution in [3.63, 3.8) is 0 Å². The summed E-state index contributed by atoms with van der Waals surface area (Å²) in [6, 6.07) is 0. The van der Waals surface area contributed by atoms with Gasteiger partial charge in [-0.05, 0) is 32.1 Å². The van der Waals surface area contributed by atoms with Crippen LogP contribution in [0.1, 0.15) is 96.8 Å². The first-order valence-electron chi connectivity index (χ1n) is 8.64. The van der Waals surface area contributed by atoms with Crippen LogP contribution < -0.4 is 0 Å². The van der Waals surface area contributed by atoms with E-state index in [0.717, 1.165) is 12.8 Å². The third-order valence-electron chi connectivity index (χ3n) is 3.65. The molecule has 0 aliphatic rings. The van der Waals surface area contributed by atoms with Crippen LogP contribution in [0.3, 0.4) is 0 Å². The molecule has 22 heavy (non-hydrogen) atoms. The maximum atomic E-state index is 10.3. The Morgan fingerprint density at radius 1 is 0.773 bits per heavy atom. The molecule has 1 N–H and O–H groups in total. The van der Waals surface area contributed by atoms with Crippen molar-refractivity contribution in [2.45, 2.75) is 96.8 Å². The fourth-order valence-electron chi connectivity index (χ4n) is 2.35. The summed E-state index contributed by atoms with van der Waals surface area (Å²) in [6.45, 7) is 2.26. The van der Waals surface area contributed by atoms with Gasteiger partial charge in [-0.2, -0.15) is 0 Å². The molecule has 0 bridgehead atoms. The number of hydrogen-bond donors (Lipinski definition) is 1. The molecular formula is C18H37CaClO2. The fraction of sp³-hybridized carbons (Fsp3) is 0.833. The Kier molecular flexibility index (Phi) is 30.1. The number of carboxylic acids is 1. The first kappa shape index (κ1) is 27.6. The SMILES string of the molecule is CCCCCCCC/C=C\CCCCCCCC(=O)O.Cl.[CaH2]. The van der Waals surface area contributed by atoms with E-state index < -0.39 is 5.97 Å². The molecule has 0 aromatic rings. The number of halogens is 1. The average Bonchev–Trinajstić information content (AvgIpc) is 2.43. The molecule has 0 aliphatic heterocycles. The molecule has 0 fully saturated rings. The van der Waals surface area contributed by atoms with E-state index in [2.05, 4.69) is 19.1 Å². The van der Waals surface area contributed by atoms with Gasteiger partial charge in [-0.15, -0.1) is 12.4 Å². The van der Waals surface area contributed by atoms with Crippen LogP contribution in [0, 0.1) is 0 Å². The van der Waals surface area contributed by atoms with E-state index >= 15 is 0 Å². The third-order valence-corrected chi connectivity index (χ3v) is 3.65. The number of carbonyl (C=O) groups is 1. The van der Waals surface area contributed by atoms with E-state index in [1.165, 1.54) is 70.6 Å². The summed E-state index contributed by atoms with van der Waals surface area (Å²) in [5, 5.41) is 8.51. The van der Waals surface area contributed by atoms with Crippen molar-refractivity contribution >= 4 is 56.1 Å². The summed E-state index contributed by atoms with van der Waals surface area (Å²) in [7, 11) is 0. The van der Waals surface area contributed by atoms with Crippen molar-refractivity contribution in [2.75, 3.05) is 0 Å². The minimum atomic E-state index is -0.664. The fourth-order valence-corrected chi connectivity index (χ4v) is 2.35. The van der Waals surface area contributed by atoms with E-state index in [1.807, 2.05) is 0 Å². The summed E-state index contributed by atoms with van der Waals surface area (Å²) < 4.78 is 0. The Morgan fingerprint density at radius 3 is 1.64 bits per heavy atom. The van der Waals surface area contributed by atoms with Crippen LogP contribution in [0.15, 0.2) is 12.2 Å². The predicted molar refractivity (Wildman–Crippen MR) is 103 cm³/mol. The zero-order valence-corrected chi connectivity index (χ0v) is 14.6. The number of rotatable bonds is 15. The molecule has 0 heterocycles. The van der Waals surface area contributed by atoms with Gasteiger partial charge in [0, 0.05) is 6.42 Å². The standard InChI is InChI=1S/C18H34O2.Ca.ClH.2H/c1-2-3-4-5-6-7-8-9-10-11-12-13-14-15-16-17-18(19)20;;;;/h9-10H,2-8,11-17H2,1H3,(H,19,20);;1H;;/b10-9-;;;;. The second-order valence-corrected chi connectivity index (χ2v) is 5.73. The Labute approximate surface area is 173 Å². The van der Waals surface area contributed by atoms with Gasteiger partial charge in [0.1, 0.15) is 0 Å². The topological polar surface area (TPSA) is 37.3 Å². The van der Waals surface area contributed by atoms with Crippen molar-refractivity contribution in [2.24, 2.45) is 0 Å². The Hall–Kier alpha value is 0.760. The molecule has 2 nitrogen and oxygen atoms in total. The molecule has 0 aromatic heterocycles. The molecule has 0 amide bonds. The van der Waals surface area contributed by atoms with Crippen LogP contribution in [0.4, 0.5) is 0 Å². The number of carboxylic acid groups (broad SMARTS) is 1. The molecule has 0 saturated carbocycles. The Morgan fingerprint density at radius 2 is 1.18 bits per heavy atom. The van der Waals surface area contributed by atoms with Crippen LogP contribution in [-0.4, -0.2) is 48.8 Å². The second-order valence-electron chi connectivity index (χ2n) is 5.73. The van der Waals surface area contributed by atoms with Gasteiger partial charge in [-0.1, -0.05) is 70.4 Å². The van der Waals surface area contributed by atoms with Gasteiger partial charge in [0.15, 0.2) is 0 Å². The normalized spacial score (nSPS) is 10.2. The average molecular weight is 361 g/mol. The number of hydrogen-bond acceptors (Lipinski definition) is 1. The molecule has 0 unspecified atom stereocenters. The summed E-state index contributed by atoms with van der Waals surface area (Å²) in [4.78, 5) is 10.3. The monoisotopic (exact) mass is 360 g/mol. The summed E-state index contributed by atoms with van der Waals surface area (Å²) in [5.41, 5.74) is 0. The molecular weight excluding hydrogens is 324 g/mol. The quantitative estimate of drug-likeness (QED) is 0.234. The van der Waals surface area contributed by atoms with E-state index in [9.17, 15) is 4.79 Å². The minimum absolute atomic E-state index is 0. The summed E-state index contributed by atoms with van der Waals surface area (Å²) >= 11 is 0. The van der Waals surface area contributed by atoms with Crippen LogP contribution in [0.2, 0.25) is 0 Å². The van der Waals surface area contributed by atoms with Crippen LogP contribution in [0.25, 0.3) is 0 Å². The number of aliphatic carboxylic acids is 1. The predicted octanol–water partition coefficient (Wildman–Crippen LogP) is 5.61. The molecule has 0 aliphatic carbocycles. The molecule has 4 heteroatoms. The molecule has 130 valence electrons. The summed E-state index contributed by atoms with van der Waals surface area (Å²) in [6.07, 6.45) is 21.2. The summed E-state index contributed by atoms with van der Waals surface area (Å²) in [5.74, 6) is -0.664. The third kappa shape index (κ3) is 25.7. The van der Waals surface area contributed by atoms with Gasteiger partial charge in [-0.3, -0.25) is 4.79 Å². The molecule has 0 atom stereocenters. The van der Waals surface area contributed by atoms with Crippen molar-refractivity contribution in [1.82, 2.24) is 0 Å². The van der Waals surface area contributed by atoms with E-state index in [0.29, 0.717) is 6.42 Å². The molecule has 0 spiro atoms. The molecule has 0 aromatic carbocycles. The van der Waals surface area contributed by atoms with Crippen molar-refractivity contribution in [3.05, 3.63) is 12.2 Å². The first-order chi connectivity index (χ1) is 9.77. The molecule has 0 radical (unpaired) electrons. The van der Waals surface area contributed by atoms with Gasteiger partial charge in [-0.25, -0.2) is 0 Å². The van der Waals surface area contributed by atoms with Gasteiger partial charge in [0.05, 0.1) is 0 Å². The second kappa shape index (κ2) is 24.0. The van der Waals surface area contributed by atoms with Gasteiger partial charge < -0.3 is 5.11 Å². The van der Waals surface area contributed by atoms with E-state index in [-0.39, 0.29) is 50.1 Å². The van der Waals surface area contributed by atoms with Crippen molar-refractivity contribution in [1.29, 1.82) is 0 Å². The zero-order chi connectivity index (χ0) is 14.9.